The zero-order chi connectivity index (χ0) is 15.5. The third-order valence-electron chi connectivity index (χ3n) is 3.43. The van der Waals surface area contributed by atoms with Crippen molar-refractivity contribution in [2.75, 3.05) is 12.3 Å². The van der Waals surface area contributed by atoms with Gasteiger partial charge in [0.1, 0.15) is 5.65 Å². The number of fused-ring (bicyclic) bond motifs is 1. The van der Waals surface area contributed by atoms with E-state index in [0.717, 1.165) is 16.9 Å². The number of aryl methyl sites for hydroxylation is 1. The van der Waals surface area contributed by atoms with Crippen LogP contribution in [-0.4, -0.2) is 36.1 Å². The van der Waals surface area contributed by atoms with E-state index in [0.29, 0.717) is 13.1 Å². The lowest BCUT2D eigenvalue weighted by Gasteiger charge is -2.14. The van der Waals surface area contributed by atoms with E-state index in [9.17, 15) is 8.42 Å². The van der Waals surface area contributed by atoms with Crippen molar-refractivity contribution < 1.29 is 8.42 Å². The predicted octanol–water partition coefficient (Wildman–Crippen LogP) is 1.06. The summed E-state index contributed by atoms with van der Waals surface area (Å²) in [4.78, 5) is 4.41. The smallest absolute Gasteiger partial charge is 0.211 e. The molecule has 2 N–H and O–H groups in total. The van der Waals surface area contributed by atoms with Crippen molar-refractivity contribution in [3.63, 3.8) is 0 Å². The van der Waals surface area contributed by atoms with Gasteiger partial charge in [-0.2, -0.15) is 0 Å². The quantitative estimate of drug-likeness (QED) is 0.802. The zero-order valence-corrected chi connectivity index (χ0v) is 13.4. The molecule has 2 heterocycles. The van der Waals surface area contributed by atoms with Gasteiger partial charge < -0.3 is 9.72 Å². The highest BCUT2D eigenvalue weighted by Crippen LogP contribution is 2.10. The Balaban J connectivity index is 1.94. The average Bonchev–Trinajstić information content (AvgIpc) is 2.88. The molecule has 0 fully saturated rings. The second kappa shape index (κ2) is 6.55. The summed E-state index contributed by atoms with van der Waals surface area (Å²) in [7, 11) is -3.13. The number of hydrogen-bond acceptors (Lipinski definition) is 4. The summed E-state index contributed by atoms with van der Waals surface area (Å²) in [6.45, 7) is 6.63. The minimum atomic E-state index is -3.13. The fourth-order valence-corrected chi connectivity index (χ4v) is 2.75. The monoisotopic (exact) mass is 310 g/mol. The lowest BCUT2D eigenvalue weighted by molar-refractivity contribution is 0.520. The van der Waals surface area contributed by atoms with Crippen molar-refractivity contribution >= 4 is 15.7 Å². The number of rotatable bonds is 7. The van der Waals surface area contributed by atoms with Gasteiger partial charge in [0.25, 0.3) is 0 Å². The molecule has 2 aromatic rings. The molecule has 0 radical (unpaired) electrons. The lowest BCUT2D eigenvalue weighted by atomic mass is 10.3. The number of imidazole rings is 1. The van der Waals surface area contributed by atoms with Crippen molar-refractivity contribution in [2.45, 2.75) is 33.4 Å². The molecule has 7 heteroatoms. The molecule has 0 aliphatic heterocycles. The number of hydrogen-bond donors (Lipinski definition) is 2. The Hall–Kier alpha value is -1.44. The van der Waals surface area contributed by atoms with E-state index in [1.807, 2.05) is 42.8 Å². The Labute approximate surface area is 125 Å². The first-order valence-electron chi connectivity index (χ1n) is 7.05. The van der Waals surface area contributed by atoms with Crippen LogP contribution in [0.4, 0.5) is 0 Å². The molecule has 0 aliphatic rings. The molecular formula is C14H22N4O2S. The number of aromatic nitrogens is 2. The Kier molecular flexibility index (Phi) is 4.97. The van der Waals surface area contributed by atoms with Crippen LogP contribution in [0.1, 0.15) is 25.1 Å². The highest BCUT2D eigenvalue weighted by Gasteiger charge is 2.10. The molecule has 0 spiro atoms. The molecule has 1 atom stereocenters. The summed E-state index contributed by atoms with van der Waals surface area (Å²) < 4.78 is 27.4. The number of pyridine rings is 1. The van der Waals surface area contributed by atoms with Gasteiger partial charge in [0, 0.05) is 25.3 Å². The Morgan fingerprint density at radius 1 is 1.43 bits per heavy atom. The van der Waals surface area contributed by atoms with E-state index >= 15 is 0 Å². The topological polar surface area (TPSA) is 75.5 Å². The van der Waals surface area contributed by atoms with Gasteiger partial charge in [-0.1, -0.05) is 6.07 Å². The summed E-state index contributed by atoms with van der Waals surface area (Å²) in [5, 5.41) is 3.31. The van der Waals surface area contributed by atoms with Crippen molar-refractivity contribution in [2.24, 2.45) is 0 Å². The van der Waals surface area contributed by atoms with Crippen LogP contribution in [0.25, 0.3) is 5.65 Å². The molecular weight excluding hydrogens is 288 g/mol. The highest BCUT2D eigenvalue weighted by molar-refractivity contribution is 7.89. The number of sulfonamides is 1. The Bertz CT molecular complexity index is 709. The standard InChI is InChI=1S/C14H22N4O2S/c1-4-21(19,20)17-8-12(3)15-9-13-10-16-14-11(2)6-5-7-18(13)14/h5-7,10,12,15,17H,4,8-9H2,1-3H3. The van der Waals surface area contributed by atoms with Crippen molar-refractivity contribution in [1.29, 1.82) is 0 Å². The molecule has 0 aliphatic carbocycles. The summed E-state index contributed by atoms with van der Waals surface area (Å²) in [5.74, 6) is 0.103. The average molecular weight is 310 g/mol. The first-order valence-corrected chi connectivity index (χ1v) is 8.70. The fourth-order valence-electron chi connectivity index (χ4n) is 2.04. The largest absolute Gasteiger partial charge is 0.307 e. The van der Waals surface area contributed by atoms with Gasteiger partial charge in [0.15, 0.2) is 0 Å². The van der Waals surface area contributed by atoms with E-state index in [2.05, 4.69) is 15.0 Å². The summed E-state index contributed by atoms with van der Waals surface area (Å²) in [6.07, 6.45) is 3.83. The molecule has 0 bridgehead atoms. The van der Waals surface area contributed by atoms with E-state index in [-0.39, 0.29) is 11.8 Å². The van der Waals surface area contributed by atoms with Crippen LogP contribution in [0.3, 0.4) is 0 Å². The fraction of sp³-hybridized carbons (Fsp3) is 0.500. The van der Waals surface area contributed by atoms with Crippen LogP contribution < -0.4 is 10.0 Å². The Morgan fingerprint density at radius 2 is 2.19 bits per heavy atom. The third-order valence-corrected chi connectivity index (χ3v) is 4.80. The first kappa shape index (κ1) is 15.9. The second-order valence-corrected chi connectivity index (χ2v) is 7.26. The Morgan fingerprint density at radius 3 is 2.90 bits per heavy atom. The van der Waals surface area contributed by atoms with Crippen molar-refractivity contribution in [3.05, 3.63) is 35.8 Å². The van der Waals surface area contributed by atoms with Crippen LogP contribution in [-0.2, 0) is 16.6 Å². The maximum absolute atomic E-state index is 11.4. The normalized spacial score (nSPS) is 13.7. The molecule has 0 amide bonds. The van der Waals surface area contributed by atoms with Crippen LogP contribution in [0, 0.1) is 6.92 Å². The number of nitrogens with zero attached hydrogens (tertiary/aromatic N) is 2. The van der Waals surface area contributed by atoms with Gasteiger partial charge in [0.2, 0.25) is 10.0 Å². The minimum Gasteiger partial charge on any atom is -0.307 e. The minimum absolute atomic E-state index is 0.0432. The van der Waals surface area contributed by atoms with Crippen LogP contribution >= 0.6 is 0 Å². The predicted molar refractivity (Wildman–Crippen MR) is 83.7 cm³/mol. The van der Waals surface area contributed by atoms with Crippen molar-refractivity contribution in [3.8, 4) is 0 Å². The SMILES string of the molecule is CCS(=O)(=O)NCC(C)NCc1cnc2c(C)cccn12. The molecule has 0 saturated carbocycles. The zero-order valence-electron chi connectivity index (χ0n) is 12.6. The van der Waals surface area contributed by atoms with Crippen LogP contribution in [0.15, 0.2) is 24.5 Å². The maximum Gasteiger partial charge on any atom is 0.211 e. The summed E-state index contributed by atoms with van der Waals surface area (Å²) in [5.41, 5.74) is 3.14. The molecule has 2 aromatic heterocycles. The van der Waals surface area contributed by atoms with Gasteiger partial charge >= 0.3 is 0 Å². The maximum atomic E-state index is 11.4. The van der Waals surface area contributed by atoms with Gasteiger partial charge in [-0.05, 0) is 32.4 Å². The third kappa shape index (κ3) is 4.03. The number of nitrogens with one attached hydrogen (secondary N) is 2. The van der Waals surface area contributed by atoms with E-state index in [1.165, 1.54) is 0 Å². The molecule has 6 nitrogen and oxygen atoms in total. The molecule has 0 aromatic carbocycles. The van der Waals surface area contributed by atoms with Gasteiger partial charge in [-0.25, -0.2) is 18.1 Å². The van der Waals surface area contributed by atoms with Crippen LogP contribution in [0.2, 0.25) is 0 Å². The molecule has 1 unspecified atom stereocenters. The second-order valence-electron chi connectivity index (χ2n) is 5.17. The molecule has 116 valence electrons. The first-order chi connectivity index (χ1) is 9.93. The molecule has 2 rings (SSSR count). The van der Waals surface area contributed by atoms with Gasteiger partial charge in [0.05, 0.1) is 17.6 Å². The summed E-state index contributed by atoms with van der Waals surface area (Å²) in [6, 6.07) is 4.07. The lowest BCUT2D eigenvalue weighted by Crippen LogP contribution is -2.39. The molecule has 21 heavy (non-hydrogen) atoms. The van der Waals surface area contributed by atoms with Gasteiger partial charge in [-0.3, -0.25) is 0 Å². The van der Waals surface area contributed by atoms with Crippen molar-refractivity contribution in [1.82, 2.24) is 19.4 Å². The molecule has 0 saturated heterocycles. The summed E-state index contributed by atoms with van der Waals surface area (Å²) >= 11 is 0. The van der Waals surface area contributed by atoms with Gasteiger partial charge in [-0.15, -0.1) is 0 Å². The van der Waals surface area contributed by atoms with Crippen LogP contribution in [0.5, 0.6) is 0 Å². The van der Waals surface area contributed by atoms with E-state index < -0.39 is 10.0 Å². The van der Waals surface area contributed by atoms with E-state index in [1.54, 1.807) is 6.92 Å². The highest BCUT2D eigenvalue weighted by atomic mass is 32.2. The van der Waals surface area contributed by atoms with E-state index in [4.69, 9.17) is 0 Å².